The second kappa shape index (κ2) is 10.0. The first kappa shape index (κ1) is 19.3. The molecule has 27 heavy (non-hydrogen) atoms. The summed E-state index contributed by atoms with van der Waals surface area (Å²) < 4.78 is 7.64. The molecule has 1 fully saturated rings. The number of morpholine rings is 1. The molecular weight excluding hydrogens is 340 g/mol. The van der Waals surface area contributed by atoms with Gasteiger partial charge in [-0.2, -0.15) is 0 Å². The second-order valence-corrected chi connectivity index (χ2v) is 6.69. The van der Waals surface area contributed by atoms with Crippen molar-refractivity contribution in [2.75, 3.05) is 26.3 Å². The highest BCUT2D eigenvalue weighted by Gasteiger charge is 2.24. The minimum absolute atomic E-state index is 0.0476. The summed E-state index contributed by atoms with van der Waals surface area (Å²) in [6.45, 7) is 6.40. The molecule has 6 nitrogen and oxygen atoms in total. The van der Waals surface area contributed by atoms with Gasteiger partial charge in [0.05, 0.1) is 31.8 Å². The van der Waals surface area contributed by atoms with Crippen molar-refractivity contribution in [2.24, 2.45) is 0 Å². The number of aryl methyl sites for hydroxylation is 1. The molecule has 0 spiro atoms. The molecule has 0 unspecified atom stereocenters. The number of ether oxygens (including phenoxy) is 1. The van der Waals surface area contributed by atoms with E-state index in [0.29, 0.717) is 26.2 Å². The lowest BCUT2D eigenvalue weighted by Crippen LogP contribution is -2.47. The number of hydrogen-bond acceptors (Lipinski definition) is 4. The Balaban J connectivity index is 1.49. The van der Waals surface area contributed by atoms with Crippen LogP contribution in [0.1, 0.15) is 24.6 Å². The Morgan fingerprint density at radius 1 is 1.37 bits per heavy atom. The van der Waals surface area contributed by atoms with E-state index in [1.807, 2.05) is 22.8 Å². The Hall–Kier alpha value is -2.44. The zero-order valence-corrected chi connectivity index (χ0v) is 15.9. The maximum absolute atomic E-state index is 12.4. The van der Waals surface area contributed by atoms with E-state index in [0.717, 1.165) is 25.3 Å². The van der Waals surface area contributed by atoms with Crippen LogP contribution >= 0.6 is 0 Å². The van der Waals surface area contributed by atoms with Crippen LogP contribution in [0.3, 0.4) is 0 Å². The summed E-state index contributed by atoms with van der Waals surface area (Å²) in [5.41, 5.74) is 2.21. The van der Waals surface area contributed by atoms with Gasteiger partial charge in [-0.3, -0.25) is 9.69 Å². The summed E-state index contributed by atoms with van der Waals surface area (Å²) in [4.78, 5) is 18.9. The van der Waals surface area contributed by atoms with E-state index in [4.69, 9.17) is 4.74 Å². The zero-order chi connectivity index (χ0) is 18.9. The Morgan fingerprint density at radius 3 is 3.04 bits per heavy atom. The highest BCUT2D eigenvalue weighted by molar-refractivity contribution is 5.76. The number of imidazole rings is 1. The van der Waals surface area contributed by atoms with E-state index in [1.165, 1.54) is 5.56 Å². The van der Waals surface area contributed by atoms with Crippen molar-refractivity contribution in [2.45, 2.75) is 32.5 Å². The quantitative estimate of drug-likeness (QED) is 0.777. The molecule has 2 heterocycles. The van der Waals surface area contributed by atoms with Crippen LogP contribution in [0.4, 0.5) is 0 Å². The first-order valence-corrected chi connectivity index (χ1v) is 9.55. The number of aromatic nitrogens is 2. The van der Waals surface area contributed by atoms with Crippen molar-refractivity contribution in [3.8, 4) is 0 Å². The van der Waals surface area contributed by atoms with Crippen LogP contribution < -0.4 is 5.32 Å². The van der Waals surface area contributed by atoms with Gasteiger partial charge >= 0.3 is 0 Å². The molecule has 1 atom stereocenters. The largest absolute Gasteiger partial charge is 0.378 e. The molecule has 1 aromatic carbocycles. The molecule has 1 aromatic heterocycles. The maximum atomic E-state index is 12.4. The van der Waals surface area contributed by atoms with Crippen LogP contribution in [-0.2, 0) is 22.6 Å². The number of rotatable bonds is 8. The number of hydrogen-bond donors (Lipinski definition) is 1. The predicted molar refractivity (Wildman–Crippen MR) is 106 cm³/mol. The van der Waals surface area contributed by atoms with E-state index in [1.54, 1.807) is 12.5 Å². The highest BCUT2D eigenvalue weighted by Crippen LogP contribution is 2.12. The maximum Gasteiger partial charge on any atom is 0.221 e. The molecule has 1 aliphatic rings. The SMILES string of the molecule is CCn1cncc1CNC(=O)C[C@@H]1COCCN1C/C=C/c1ccccc1. The van der Waals surface area contributed by atoms with Gasteiger partial charge in [0.1, 0.15) is 0 Å². The van der Waals surface area contributed by atoms with Crippen LogP contribution in [0.25, 0.3) is 6.08 Å². The minimum atomic E-state index is 0.0476. The monoisotopic (exact) mass is 368 g/mol. The summed E-state index contributed by atoms with van der Waals surface area (Å²) in [6.07, 6.45) is 8.31. The van der Waals surface area contributed by atoms with Crippen molar-refractivity contribution in [3.63, 3.8) is 0 Å². The lowest BCUT2D eigenvalue weighted by atomic mass is 10.1. The van der Waals surface area contributed by atoms with Crippen molar-refractivity contribution >= 4 is 12.0 Å². The molecule has 144 valence electrons. The van der Waals surface area contributed by atoms with Gasteiger partial charge in [-0.15, -0.1) is 0 Å². The Morgan fingerprint density at radius 2 is 2.22 bits per heavy atom. The van der Waals surface area contributed by atoms with Gasteiger partial charge in [0.15, 0.2) is 0 Å². The first-order chi connectivity index (χ1) is 13.3. The molecule has 1 aliphatic heterocycles. The van der Waals surface area contributed by atoms with E-state index in [2.05, 4.69) is 46.4 Å². The predicted octanol–water partition coefficient (Wildman–Crippen LogP) is 2.32. The minimum Gasteiger partial charge on any atom is -0.378 e. The zero-order valence-electron chi connectivity index (χ0n) is 15.9. The first-order valence-electron chi connectivity index (χ1n) is 9.55. The molecule has 0 aliphatic carbocycles. The number of carbonyl (C=O) groups is 1. The molecule has 0 saturated carbocycles. The van der Waals surface area contributed by atoms with Crippen LogP contribution in [0.5, 0.6) is 0 Å². The Labute approximate surface area is 160 Å². The Kier molecular flexibility index (Phi) is 7.19. The number of nitrogens with one attached hydrogen (secondary N) is 1. The summed E-state index contributed by atoms with van der Waals surface area (Å²) >= 11 is 0. The molecule has 3 rings (SSSR count). The lowest BCUT2D eigenvalue weighted by molar-refractivity contribution is -0.124. The van der Waals surface area contributed by atoms with Gasteiger partial charge in [0.25, 0.3) is 0 Å². The van der Waals surface area contributed by atoms with Gasteiger partial charge in [-0.25, -0.2) is 4.98 Å². The van der Waals surface area contributed by atoms with Crippen molar-refractivity contribution in [1.82, 2.24) is 19.8 Å². The third kappa shape index (κ3) is 5.77. The molecule has 1 saturated heterocycles. The Bertz CT molecular complexity index is 742. The molecule has 6 heteroatoms. The average molecular weight is 368 g/mol. The molecule has 0 radical (unpaired) electrons. The van der Waals surface area contributed by atoms with Crippen LogP contribution in [0.2, 0.25) is 0 Å². The summed E-state index contributed by atoms with van der Waals surface area (Å²) in [5.74, 6) is 0.0476. The van der Waals surface area contributed by atoms with E-state index >= 15 is 0 Å². The standard InChI is InChI=1S/C21H28N4O2/c1-2-24-17-22-14-20(24)15-23-21(26)13-19-16-27-12-11-25(19)10-6-9-18-7-4-3-5-8-18/h3-9,14,17,19H,2,10-13,15-16H2,1H3,(H,23,26)/b9-6+/t19-/m1/s1. The average Bonchev–Trinajstić information content (AvgIpc) is 3.16. The summed E-state index contributed by atoms with van der Waals surface area (Å²) in [5, 5.41) is 3.01. The number of carbonyl (C=O) groups excluding carboxylic acids is 1. The molecule has 1 N–H and O–H groups in total. The highest BCUT2D eigenvalue weighted by atomic mass is 16.5. The third-order valence-corrected chi connectivity index (χ3v) is 4.83. The van der Waals surface area contributed by atoms with E-state index < -0.39 is 0 Å². The summed E-state index contributed by atoms with van der Waals surface area (Å²) in [7, 11) is 0. The molecule has 1 amide bonds. The van der Waals surface area contributed by atoms with Gasteiger partial charge in [0.2, 0.25) is 5.91 Å². The van der Waals surface area contributed by atoms with Crippen molar-refractivity contribution in [3.05, 3.63) is 60.2 Å². The fraction of sp³-hybridized carbons (Fsp3) is 0.429. The van der Waals surface area contributed by atoms with Crippen molar-refractivity contribution < 1.29 is 9.53 Å². The van der Waals surface area contributed by atoms with E-state index in [9.17, 15) is 4.79 Å². The van der Waals surface area contributed by atoms with Gasteiger partial charge in [-0.05, 0) is 12.5 Å². The van der Waals surface area contributed by atoms with Crippen LogP contribution in [0, 0.1) is 0 Å². The lowest BCUT2D eigenvalue weighted by Gasteiger charge is -2.34. The van der Waals surface area contributed by atoms with Crippen LogP contribution in [-0.4, -0.2) is 52.7 Å². The molecular formula is C21H28N4O2. The smallest absolute Gasteiger partial charge is 0.221 e. The van der Waals surface area contributed by atoms with Gasteiger partial charge < -0.3 is 14.6 Å². The van der Waals surface area contributed by atoms with Crippen molar-refractivity contribution in [1.29, 1.82) is 0 Å². The number of amides is 1. The second-order valence-electron chi connectivity index (χ2n) is 6.69. The number of benzene rings is 1. The number of nitrogens with zero attached hydrogens (tertiary/aromatic N) is 3. The normalized spacial score (nSPS) is 18.0. The fourth-order valence-electron chi connectivity index (χ4n) is 3.26. The molecule has 0 bridgehead atoms. The van der Waals surface area contributed by atoms with E-state index in [-0.39, 0.29) is 11.9 Å². The van der Waals surface area contributed by atoms with Gasteiger partial charge in [-0.1, -0.05) is 42.5 Å². The fourth-order valence-corrected chi connectivity index (χ4v) is 3.26. The molecule has 2 aromatic rings. The third-order valence-electron chi connectivity index (χ3n) is 4.83. The van der Waals surface area contributed by atoms with Crippen LogP contribution in [0.15, 0.2) is 48.9 Å². The summed E-state index contributed by atoms with van der Waals surface area (Å²) in [6, 6.07) is 10.4. The topological polar surface area (TPSA) is 59.4 Å². The van der Waals surface area contributed by atoms with Gasteiger partial charge in [0, 0.05) is 38.3 Å².